The summed E-state index contributed by atoms with van der Waals surface area (Å²) in [5.74, 6) is -1.38. The Hall–Kier alpha value is -3.51. The molecular weight excluding hydrogens is 360 g/mol. The number of nitrogens with one attached hydrogen (secondary N) is 2. The van der Waals surface area contributed by atoms with E-state index in [9.17, 15) is 9.59 Å². The molecule has 0 heterocycles. The Labute approximate surface area is 161 Å². The Bertz CT molecular complexity index is 986. The zero-order valence-corrected chi connectivity index (χ0v) is 15.0. The van der Waals surface area contributed by atoms with Gasteiger partial charge in [-0.05, 0) is 53.7 Å². The third-order valence-electron chi connectivity index (χ3n) is 3.85. The predicted molar refractivity (Wildman–Crippen MR) is 109 cm³/mol. The smallest absolute Gasteiger partial charge is 0.335 e. The maximum absolute atomic E-state index is 12.3. The molecule has 0 aliphatic carbocycles. The summed E-state index contributed by atoms with van der Waals surface area (Å²) in [6.45, 7) is 0. The number of carbonyl (C=O) groups is 2. The van der Waals surface area contributed by atoms with E-state index >= 15 is 0 Å². The lowest BCUT2D eigenvalue weighted by molar-refractivity contribution is 0.0696. The molecule has 3 aromatic rings. The molecule has 0 saturated heterocycles. The van der Waals surface area contributed by atoms with Crippen LogP contribution in [0.1, 0.15) is 20.7 Å². The summed E-state index contributed by atoms with van der Waals surface area (Å²) in [6.07, 6.45) is 0. The second-order valence-corrected chi connectivity index (χ2v) is 6.15. The molecule has 0 fully saturated rings. The molecule has 0 spiro atoms. The number of carbonyl (C=O) groups excluding carboxylic acids is 1. The van der Waals surface area contributed by atoms with Crippen molar-refractivity contribution in [2.45, 2.75) is 0 Å². The fourth-order valence-corrected chi connectivity index (χ4v) is 2.72. The quantitative estimate of drug-likeness (QED) is 0.596. The molecule has 5 nitrogen and oxygen atoms in total. The molecule has 3 N–H and O–H groups in total. The largest absolute Gasteiger partial charge is 0.478 e. The topological polar surface area (TPSA) is 78.4 Å². The summed E-state index contributed by atoms with van der Waals surface area (Å²) in [6, 6.07) is 23.2. The molecule has 0 atom stereocenters. The van der Waals surface area contributed by atoms with E-state index in [-0.39, 0.29) is 16.6 Å². The van der Waals surface area contributed by atoms with Gasteiger partial charge >= 0.3 is 5.97 Å². The van der Waals surface area contributed by atoms with E-state index in [1.807, 2.05) is 42.5 Å². The van der Waals surface area contributed by atoms with Crippen molar-refractivity contribution >= 4 is 34.9 Å². The highest BCUT2D eigenvalue weighted by Gasteiger charge is 2.09. The number of benzene rings is 3. The second-order valence-electron chi connectivity index (χ2n) is 5.74. The van der Waals surface area contributed by atoms with Crippen LogP contribution in [0.25, 0.3) is 11.1 Å². The molecule has 3 rings (SSSR count). The summed E-state index contributed by atoms with van der Waals surface area (Å²) in [7, 11) is 0. The van der Waals surface area contributed by atoms with Crippen LogP contribution in [-0.2, 0) is 0 Å². The van der Waals surface area contributed by atoms with Crippen LogP contribution in [0.2, 0.25) is 0 Å². The van der Waals surface area contributed by atoms with Crippen molar-refractivity contribution in [1.82, 2.24) is 5.32 Å². The molecule has 6 heteroatoms. The fourth-order valence-electron chi connectivity index (χ4n) is 2.51. The highest BCUT2D eigenvalue weighted by Crippen LogP contribution is 2.19. The van der Waals surface area contributed by atoms with Gasteiger partial charge in [0.05, 0.1) is 5.56 Å². The van der Waals surface area contributed by atoms with Gasteiger partial charge in [0.15, 0.2) is 5.11 Å². The van der Waals surface area contributed by atoms with Crippen LogP contribution in [0.15, 0.2) is 78.9 Å². The van der Waals surface area contributed by atoms with Crippen LogP contribution in [0.3, 0.4) is 0 Å². The van der Waals surface area contributed by atoms with E-state index in [2.05, 4.69) is 10.6 Å². The van der Waals surface area contributed by atoms with Gasteiger partial charge in [-0.1, -0.05) is 48.5 Å². The Kier molecular flexibility index (Phi) is 5.58. The number of hydrogen-bond acceptors (Lipinski definition) is 3. The monoisotopic (exact) mass is 376 g/mol. The zero-order chi connectivity index (χ0) is 19.2. The first-order valence-electron chi connectivity index (χ1n) is 8.14. The van der Waals surface area contributed by atoms with Gasteiger partial charge in [-0.3, -0.25) is 10.1 Å². The fraction of sp³-hybridized carbons (Fsp3) is 0. The van der Waals surface area contributed by atoms with Crippen molar-refractivity contribution in [3.05, 3.63) is 90.0 Å². The standard InChI is InChI=1S/C21H16N2O3S/c24-19(16-11-9-15(10-12-16)14-5-2-1-3-6-14)23-21(27)22-18-8-4-7-17(13-18)20(25)26/h1-13H,(H,25,26)(H2,22,23,24,27). The van der Waals surface area contributed by atoms with Gasteiger partial charge in [0.25, 0.3) is 5.91 Å². The van der Waals surface area contributed by atoms with Gasteiger partial charge in [-0.15, -0.1) is 0 Å². The van der Waals surface area contributed by atoms with Gasteiger partial charge in [-0.25, -0.2) is 4.79 Å². The Balaban J connectivity index is 1.64. The van der Waals surface area contributed by atoms with E-state index in [1.54, 1.807) is 24.3 Å². The van der Waals surface area contributed by atoms with E-state index in [0.717, 1.165) is 11.1 Å². The highest BCUT2D eigenvalue weighted by molar-refractivity contribution is 7.80. The van der Waals surface area contributed by atoms with Crippen molar-refractivity contribution in [1.29, 1.82) is 0 Å². The summed E-state index contributed by atoms with van der Waals surface area (Å²) in [4.78, 5) is 23.3. The van der Waals surface area contributed by atoms with Crippen LogP contribution < -0.4 is 10.6 Å². The SMILES string of the molecule is O=C(O)c1cccc(NC(=S)NC(=O)c2ccc(-c3ccccc3)cc2)c1. The van der Waals surface area contributed by atoms with Gasteiger partial charge in [0, 0.05) is 11.3 Å². The first-order valence-corrected chi connectivity index (χ1v) is 8.55. The first kappa shape index (κ1) is 18.3. The third kappa shape index (κ3) is 4.77. The minimum Gasteiger partial charge on any atom is -0.478 e. The van der Waals surface area contributed by atoms with E-state index in [0.29, 0.717) is 11.3 Å². The molecule has 0 bridgehead atoms. The molecule has 0 radical (unpaired) electrons. The minimum absolute atomic E-state index is 0.0923. The number of rotatable bonds is 4. The van der Waals surface area contributed by atoms with Crippen molar-refractivity contribution in [2.24, 2.45) is 0 Å². The summed E-state index contributed by atoms with van der Waals surface area (Å²) < 4.78 is 0. The predicted octanol–water partition coefficient (Wildman–Crippen LogP) is 4.18. The summed E-state index contributed by atoms with van der Waals surface area (Å²) in [5, 5.41) is 14.5. The molecule has 0 aliphatic rings. The maximum atomic E-state index is 12.3. The summed E-state index contributed by atoms with van der Waals surface area (Å²) in [5.41, 5.74) is 3.17. The van der Waals surface area contributed by atoms with Gasteiger partial charge < -0.3 is 10.4 Å². The van der Waals surface area contributed by atoms with Crippen LogP contribution in [-0.4, -0.2) is 22.1 Å². The van der Waals surface area contributed by atoms with Crippen LogP contribution in [0.4, 0.5) is 5.69 Å². The van der Waals surface area contributed by atoms with Gasteiger partial charge in [0.2, 0.25) is 0 Å². The Morgan fingerprint density at radius 2 is 1.44 bits per heavy atom. The van der Waals surface area contributed by atoms with Crippen molar-refractivity contribution in [3.8, 4) is 11.1 Å². The van der Waals surface area contributed by atoms with Crippen molar-refractivity contribution < 1.29 is 14.7 Å². The zero-order valence-electron chi connectivity index (χ0n) is 14.2. The highest BCUT2D eigenvalue weighted by atomic mass is 32.1. The molecule has 1 amide bonds. The van der Waals surface area contributed by atoms with E-state index < -0.39 is 5.97 Å². The summed E-state index contributed by atoms with van der Waals surface area (Å²) >= 11 is 5.13. The van der Waals surface area contributed by atoms with Gasteiger partial charge in [-0.2, -0.15) is 0 Å². The molecule has 0 aliphatic heterocycles. The van der Waals surface area contributed by atoms with Crippen LogP contribution in [0, 0.1) is 0 Å². The molecule has 27 heavy (non-hydrogen) atoms. The average molecular weight is 376 g/mol. The number of hydrogen-bond donors (Lipinski definition) is 3. The second kappa shape index (κ2) is 8.25. The molecule has 0 aromatic heterocycles. The molecule has 0 saturated carbocycles. The van der Waals surface area contributed by atoms with Crippen LogP contribution in [0.5, 0.6) is 0 Å². The lowest BCUT2D eigenvalue weighted by Crippen LogP contribution is -2.34. The number of amides is 1. The number of carboxylic acids is 1. The maximum Gasteiger partial charge on any atom is 0.335 e. The number of aromatic carboxylic acids is 1. The van der Waals surface area contributed by atoms with Crippen LogP contribution >= 0.6 is 12.2 Å². The Morgan fingerprint density at radius 3 is 2.11 bits per heavy atom. The number of thiocarbonyl (C=S) groups is 1. The van der Waals surface area contributed by atoms with Crippen molar-refractivity contribution in [2.75, 3.05) is 5.32 Å². The van der Waals surface area contributed by atoms with E-state index in [1.165, 1.54) is 12.1 Å². The average Bonchev–Trinajstić information content (AvgIpc) is 2.69. The first-order chi connectivity index (χ1) is 13.0. The molecule has 3 aromatic carbocycles. The molecule has 0 unspecified atom stereocenters. The third-order valence-corrected chi connectivity index (χ3v) is 4.05. The molecular formula is C21H16N2O3S. The normalized spacial score (nSPS) is 10.1. The number of carboxylic acid groups (broad SMARTS) is 1. The lowest BCUT2D eigenvalue weighted by atomic mass is 10.0. The molecule has 134 valence electrons. The van der Waals surface area contributed by atoms with Crippen molar-refractivity contribution in [3.63, 3.8) is 0 Å². The van der Waals surface area contributed by atoms with E-state index in [4.69, 9.17) is 17.3 Å². The lowest BCUT2D eigenvalue weighted by Gasteiger charge is -2.10. The number of anilines is 1. The minimum atomic E-state index is -1.04. The Morgan fingerprint density at radius 1 is 0.778 bits per heavy atom. The van der Waals surface area contributed by atoms with Gasteiger partial charge in [0.1, 0.15) is 0 Å².